The summed E-state index contributed by atoms with van der Waals surface area (Å²) in [6.07, 6.45) is 9.15. The van der Waals surface area contributed by atoms with Crippen molar-refractivity contribution >= 4 is 26.7 Å². The predicted molar refractivity (Wildman–Crippen MR) is 117 cm³/mol. The van der Waals surface area contributed by atoms with Crippen LogP contribution in [-0.2, 0) is 0 Å². The molecule has 0 N–H and O–H groups in total. The number of aromatic nitrogens is 1. The van der Waals surface area contributed by atoms with Gasteiger partial charge in [0.25, 0.3) is 0 Å². The molecule has 4 heteroatoms. The Hall–Kier alpha value is -1.91. The van der Waals surface area contributed by atoms with Gasteiger partial charge in [0.2, 0.25) is 0 Å². The van der Waals surface area contributed by atoms with Crippen LogP contribution in [0, 0.1) is 5.92 Å². The molecule has 1 aromatic heterocycles. The minimum absolute atomic E-state index is 0.300. The van der Waals surface area contributed by atoms with Gasteiger partial charge in [-0.3, -0.25) is 9.88 Å². The van der Waals surface area contributed by atoms with Crippen molar-refractivity contribution in [2.75, 3.05) is 13.2 Å². The monoisotopic (exact) mass is 436 g/mol. The summed E-state index contributed by atoms with van der Waals surface area (Å²) in [5, 5.41) is 2.32. The smallest absolute Gasteiger partial charge is 0.120 e. The lowest BCUT2D eigenvalue weighted by Crippen LogP contribution is -2.36. The van der Waals surface area contributed by atoms with Crippen LogP contribution in [0.5, 0.6) is 5.75 Å². The van der Waals surface area contributed by atoms with Crippen LogP contribution < -0.4 is 4.74 Å². The fourth-order valence-corrected chi connectivity index (χ4v) is 4.19. The van der Waals surface area contributed by atoms with E-state index in [2.05, 4.69) is 68.3 Å². The van der Waals surface area contributed by atoms with Crippen LogP contribution in [0.4, 0.5) is 0 Å². The quantitative estimate of drug-likeness (QED) is 0.433. The first-order valence-electron chi connectivity index (χ1n) is 10.2. The lowest BCUT2D eigenvalue weighted by Gasteiger charge is -2.32. The van der Waals surface area contributed by atoms with Gasteiger partial charge in [-0.25, -0.2) is 0 Å². The number of hydrogen-bond acceptors (Lipinski definition) is 3. The molecule has 2 fully saturated rings. The molecule has 2 saturated carbocycles. The van der Waals surface area contributed by atoms with E-state index in [-0.39, 0.29) is 0 Å². The van der Waals surface area contributed by atoms with Gasteiger partial charge in [0.1, 0.15) is 12.4 Å². The molecule has 2 aliphatic rings. The van der Waals surface area contributed by atoms with Gasteiger partial charge in [-0.05, 0) is 78.9 Å². The largest absolute Gasteiger partial charge is 0.492 e. The maximum absolute atomic E-state index is 6.35. The summed E-state index contributed by atoms with van der Waals surface area (Å²) >= 11 is 3.57. The van der Waals surface area contributed by atoms with Crippen LogP contribution >= 0.6 is 15.9 Å². The van der Waals surface area contributed by atoms with Gasteiger partial charge in [0, 0.05) is 34.8 Å². The molecule has 5 rings (SSSR count). The zero-order valence-electron chi connectivity index (χ0n) is 15.9. The van der Waals surface area contributed by atoms with Gasteiger partial charge < -0.3 is 4.74 Å². The van der Waals surface area contributed by atoms with Crippen molar-refractivity contribution < 1.29 is 4.74 Å². The molecule has 1 unspecified atom stereocenters. The Bertz CT molecular complexity index is 950. The number of nitrogens with zero attached hydrogens (tertiary/aromatic N) is 2. The molecule has 0 aliphatic heterocycles. The topological polar surface area (TPSA) is 25.4 Å². The van der Waals surface area contributed by atoms with E-state index in [1.54, 1.807) is 0 Å². The number of benzene rings is 2. The maximum atomic E-state index is 6.35. The average Bonchev–Trinajstić information content (AvgIpc) is 3.62. The van der Waals surface area contributed by atoms with Gasteiger partial charge >= 0.3 is 0 Å². The first-order valence-corrected chi connectivity index (χ1v) is 11.0. The molecule has 1 heterocycles. The molecule has 0 saturated heterocycles. The third kappa shape index (κ3) is 4.23. The summed E-state index contributed by atoms with van der Waals surface area (Å²) in [7, 11) is 0. The van der Waals surface area contributed by atoms with Crippen molar-refractivity contribution in [3.63, 3.8) is 0 Å². The highest BCUT2D eigenvalue weighted by Crippen LogP contribution is 2.40. The van der Waals surface area contributed by atoms with Gasteiger partial charge in [0.05, 0.1) is 6.04 Å². The van der Waals surface area contributed by atoms with E-state index in [1.807, 2.05) is 18.5 Å². The number of hydrogen-bond donors (Lipinski definition) is 0. The molecule has 0 bridgehead atoms. The zero-order chi connectivity index (χ0) is 18.9. The Labute approximate surface area is 174 Å². The SMILES string of the molecule is Brc1ccc(C(COc2ccc3cnccc3c2)N(CC2CC2)C2CC2)cc1. The third-order valence-corrected chi connectivity index (χ3v) is 6.39. The zero-order valence-corrected chi connectivity index (χ0v) is 17.5. The van der Waals surface area contributed by atoms with Crippen LogP contribution in [0.2, 0.25) is 0 Å². The van der Waals surface area contributed by atoms with Gasteiger partial charge in [-0.2, -0.15) is 0 Å². The van der Waals surface area contributed by atoms with Crippen molar-refractivity contribution in [2.45, 2.75) is 37.8 Å². The molecular formula is C24H25BrN2O. The summed E-state index contributed by atoms with van der Waals surface area (Å²) in [4.78, 5) is 6.91. The molecule has 28 heavy (non-hydrogen) atoms. The average molecular weight is 437 g/mol. The highest BCUT2D eigenvalue weighted by atomic mass is 79.9. The Balaban J connectivity index is 1.39. The fourth-order valence-electron chi connectivity index (χ4n) is 3.93. The standard InChI is InChI=1S/C24H25BrN2O/c25-21-6-3-18(4-7-21)24(27(22-8-9-22)15-17-1-2-17)16-28-23-10-5-20-14-26-12-11-19(20)13-23/h3-7,10-14,17,22,24H,1-2,8-9,15-16H2. The Morgan fingerprint density at radius 3 is 2.57 bits per heavy atom. The van der Waals surface area contributed by atoms with E-state index in [1.165, 1.54) is 43.2 Å². The second kappa shape index (κ2) is 7.84. The van der Waals surface area contributed by atoms with Crippen molar-refractivity contribution in [2.24, 2.45) is 5.92 Å². The van der Waals surface area contributed by atoms with Crippen LogP contribution in [0.1, 0.15) is 37.3 Å². The molecular weight excluding hydrogens is 412 g/mol. The van der Waals surface area contributed by atoms with Crippen LogP contribution in [0.3, 0.4) is 0 Å². The minimum atomic E-state index is 0.300. The van der Waals surface area contributed by atoms with Crippen LogP contribution in [-0.4, -0.2) is 29.1 Å². The molecule has 1 atom stereocenters. The van der Waals surface area contributed by atoms with Crippen molar-refractivity contribution in [1.82, 2.24) is 9.88 Å². The number of ether oxygens (including phenoxy) is 1. The Kier molecular flexibility index (Phi) is 5.08. The lowest BCUT2D eigenvalue weighted by atomic mass is 10.0. The Morgan fingerprint density at radius 2 is 1.82 bits per heavy atom. The molecule has 2 aromatic carbocycles. The second-order valence-corrected chi connectivity index (χ2v) is 9.05. The van der Waals surface area contributed by atoms with E-state index >= 15 is 0 Å². The van der Waals surface area contributed by atoms with E-state index in [0.29, 0.717) is 12.6 Å². The molecule has 2 aliphatic carbocycles. The number of rotatable bonds is 8. The fraction of sp³-hybridized carbons (Fsp3) is 0.375. The van der Waals surface area contributed by atoms with E-state index in [0.717, 1.165) is 27.6 Å². The third-order valence-electron chi connectivity index (χ3n) is 5.86. The number of halogens is 1. The Morgan fingerprint density at radius 1 is 1.00 bits per heavy atom. The first kappa shape index (κ1) is 18.1. The molecule has 0 radical (unpaired) electrons. The molecule has 3 aromatic rings. The molecule has 0 spiro atoms. The van der Waals surface area contributed by atoms with Gasteiger partial charge in [-0.15, -0.1) is 0 Å². The van der Waals surface area contributed by atoms with Crippen molar-refractivity contribution in [3.8, 4) is 5.75 Å². The summed E-state index contributed by atoms with van der Waals surface area (Å²) in [5.74, 6) is 1.81. The maximum Gasteiger partial charge on any atom is 0.120 e. The van der Waals surface area contributed by atoms with E-state index in [4.69, 9.17) is 4.74 Å². The first-order chi connectivity index (χ1) is 13.8. The van der Waals surface area contributed by atoms with E-state index in [9.17, 15) is 0 Å². The highest BCUT2D eigenvalue weighted by molar-refractivity contribution is 9.10. The molecule has 144 valence electrons. The normalized spacial score (nSPS) is 17.8. The van der Waals surface area contributed by atoms with Crippen molar-refractivity contribution in [1.29, 1.82) is 0 Å². The summed E-state index contributed by atoms with van der Waals surface area (Å²) in [6, 6.07) is 18.1. The summed E-state index contributed by atoms with van der Waals surface area (Å²) in [5.41, 5.74) is 1.35. The summed E-state index contributed by atoms with van der Waals surface area (Å²) in [6.45, 7) is 1.89. The highest BCUT2D eigenvalue weighted by Gasteiger charge is 2.38. The van der Waals surface area contributed by atoms with Crippen LogP contribution in [0.15, 0.2) is 65.4 Å². The molecule has 0 amide bonds. The van der Waals surface area contributed by atoms with E-state index < -0.39 is 0 Å². The number of fused-ring (bicyclic) bond motifs is 1. The van der Waals surface area contributed by atoms with Crippen molar-refractivity contribution in [3.05, 3.63) is 71.0 Å². The van der Waals surface area contributed by atoms with Crippen LogP contribution in [0.25, 0.3) is 10.8 Å². The van der Waals surface area contributed by atoms with Gasteiger partial charge in [0.15, 0.2) is 0 Å². The number of pyridine rings is 1. The minimum Gasteiger partial charge on any atom is -0.492 e. The van der Waals surface area contributed by atoms with Gasteiger partial charge in [-0.1, -0.05) is 28.1 Å². The summed E-state index contributed by atoms with van der Waals surface area (Å²) < 4.78 is 7.47. The second-order valence-electron chi connectivity index (χ2n) is 8.13. The lowest BCUT2D eigenvalue weighted by molar-refractivity contribution is 0.122. The predicted octanol–water partition coefficient (Wildman–Crippen LogP) is 5.99. The molecule has 3 nitrogen and oxygen atoms in total.